The molecule has 0 bridgehead atoms. The van der Waals surface area contributed by atoms with Gasteiger partial charge in [-0.25, -0.2) is 20.2 Å². The molecule has 0 atom stereocenters. The van der Waals surface area contributed by atoms with E-state index in [0.29, 0.717) is 28.5 Å². The van der Waals surface area contributed by atoms with Crippen molar-refractivity contribution < 1.29 is 19.0 Å². The summed E-state index contributed by atoms with van der Waals surface area (Å²) in [4.78, 5) is 23.8. The zero-order valence-electron chi connectivity index (χ0n) is 16.1. The molecule has 0 saturated heterocycles. The number of hydrogen-bond donors (Lipinski definition) is 3. The van der Waals surface area contributed by atoms with Crippen LogP contribution in [-0.2, 0) is 0 Å². The Morgan fingerprint density at radius 3 is 2.61 bits per heavy atom. The van der Waals surface area contributed by atoms with Gasteiger partial charge in [-0.2, -0.15) is 9.89 Å². The highest BCUT2D eigenvalue weighted by atomic mass is 19.1. The molecule has 0 aliphatic rings. The van der Waals surface area contributed by atoms with Gasteiger partial charge in [0.25, 0.3) is 0 Å². The summed E-state index contributed by atoms with van der Waals surface area (Å²) in [6.45, 7) is -1.79. The number of anilines is 1. The largest absolute Gasteiger partial charge is 0.432 e. The molecule has 0 radical (unpaired) electrons. The fourth-order valence-corrected chi connectivity index (χ4v) is 3.15. The third-order valence-corrected chi connectivity index (χ3v) is 4.94. The van der Waals surface area contributed by atoms with E-state index in [0.717, 1.165) is 5.01 Å². The number of fused-ring (bicyclic) bond motifs is 1. The average molecular weight is 427 g/mol. The van der Waals surface area contributed by atoms with Crippen LogP contribution in [0.5, 0.6) is 0 Å². The first-order valence-electron chi connectivity index (χ1n) is 9.13. The minimum absolute atomic E-state index is 0.0623. The Kier molecular flexibility index (Phi) is 5.42. The number of halogens is 1. The second-order valence-corrected chi connectivity index (χ2v) is 6.81. The van der Waals surface area contributed by atoms with Crippen LogP contribution < -0.4 is 10.9 Å². The lowest BCUT2D eigenvalue weighted by Gasteiger charge is -2.36. The van der Waals surface area contributed by atoms with E-state index in [4.69, 9.17) is 10.3 Å². The van der Waals surface area contributed by atoms with Crippen molar-refractivity contribution in [3.63, 3.8) is 0 Å². The molecule has 0 fully saturated rings. The molecule has 1 aromatic carbocycles. The summed E-state index contributed by atoms with van der Waals surface area (Å²) >= 11 is 0. The van der Waals surface area contributed by atoms with Crippen molar-refractivity contribution in [3.05, 3.63) is 59.7 Å². The summed E-state index contributed by atoms with van der Waals surface area (Å²) in [5.41, 5.74) is 0.447. The van der Waals surface area contributed by atoms with Crippen LogP contribution in [-0.4, -0.2) is 54.9 Å². The first kappa shape index (κ1) is 20.5. The van der Waals surface area contributed by atoms with Crippen LogP contribution in [0.25, 0.3) is 28.5 Å². The second-order valence-electron chi connectivity index (χ2n) is 6.81. The van der Waals surface area contributed by atoms with E-state index in [9.17, 15) is 19.5 Å². The van der Waals surface area contributed by atoms with Gasteiger partial charge in [0.2, 0.25) is 5.95 Å². The number of benzene rings is 1. The fourth-order valence-electron chi connectivity index (χ4n) is 3.15. The molecule has 31 heavy (non-hydrogen) atoms. The molecule has 3 heterocycles. The highest BCUT2D eigenvalue weighted by Crippen LogP contribution is 2.33. The van der Waals surface area contributed by atoms with E-state index < -0.39 is 25.3 Å². The topological polar surface area (TPSA) is 155 Å². The Labute approximate surface area is 174 Å². The first-order chi connectivity index (χ1) is 15.0. The van der Waals surface area contributed by atoms with Gasteiger partial charge < -0.3 is 14.6 Å². The highest BCUT2D eigenvalue weighted by molar-refractivity contribution is 5.79. The lowest BCUT2D eigenvalue weighted by atomic mass is 10.0. The molecule has 3 aromatic heterocycles. The molecule has 4 rings (SSSR count). The van der Waals surface area contributed by atoms with E-state index in [1.54, 1.807) is 28.8 Å². The predicted molar refractivity (Wildman–Crippen MR) is 108 cm³/mol. The average Bonchev–Trinajstić information content (AvgIpc) is 3.39. The molecule has 0 unspecified atom stereocenters. The summed E-state index contributed by atoms with van der Waals surface area (Å²) in [5.74, 6) is 5.92. The summed E-state index contributed by atoms with van der Waals surface area (Å²) in [6, 6.07) is 7.40. The maximum absolute atomic E-state index is 13.4. The fraction of sp³-hybridized carbons (Fsp3) is 0.211. The Morgan fingerprint density at radius 2 is 1.94 bits per heavy atom. The zero-order valence-corrected chi connectivity index (χ0v) is 16.1. The zero-order chi connectivity index (χ0) is 22.0. The van der Waals surface area contributed by atoms with E-state index in [-0.39, 0.29) is 11.8 Å². The van der Waals surface area contributed by atoms with E-state index in [1.165, 1.54) is 24.6 Å². The minimum atomic E-state index is -1.58. The highest BCUT2D eigenvalue weighted by Gasteiger charge is 2.37. The van der Waals surface area contributed by atoms with Gasteiger partial charge in [-0.3, -0.25) is 9.41 Å². The van der Waals surface area contributed by atoms with E-state index in [2.05, 4.69) is 20.1 Å². The van der Waals surface area contributed by atoms with Crippen LogP contribution in [0.1, 0.15) is 0 Å². The molecule has 4 aromatic rings. The van der Waals surface area contributed by atoms with Crippen molar-refractivity contribution in [2.75, 3.05) is 24.8 Å². The second kappa shape index (κ2) is 8.18. The number of nitroso groups, excluding NO2 is 1. The molecule has 0 amide bonds. The van der Waals surface area contributed by atoms with Crippen molar-refractivity contribution >= 4 is 11.8 Å². The summed E-state index contributed by atoms with van der Waals surface area (Å²) in [7, 11) is 0. The molecule has 0 aliphatic carbocycles. The summed E-state index contributed by atoms with van der Waals surface area (Å²) < 4.78 is 20.4. The first-order valence-corrected chi connectivity index (χ1v) is 9.13. The molecule has 12 heteroatoms. The number of imidazole rings is 1. The molecular weight excluding hydrogens is 409 g/mol. The van der Waals surface area contributed by atoms with Crippen molar-refractivity contribution in [2.45, 2.75) is 5.54 Å². The number of nitrogens with two attached hydrogens (primary N) is 1. The number of aromatic nitrogens is 4. The standard InChI is InChI=1S/C19H18FN7O4/c20-13-3-1-12(2-4-13)15-16(26-7-8-31-18(26)25-15)14-5-6-22-17(24-14)27(21)19(10-28,11-29)9-23-30/h1-8,28-29H,9-11,21H2. The van der Waals surface area contributed by atoms with Crippen LogP contribution in [0.4, 0.5) is 10.3 Å². The van der Waals surface area contributed by atoms with Gasteiger partial charge in [-0.05, 0) is 30.3 Å². The maximum Gasteiger partial charge on any atom is 0.306 e. The molecule has 11 nitrogen and oxygen atoms in total. The normalized spacial score (nSPS) is 11.7. The number of aliphatic hydroxyl groups is 2. The number of oxazole rings is 1. The van der Waals surface area contributed by atoms with Gasteiger partial charge in [0.15, 0.2) is 0 Å². The van der Waals surface area contributed by atoms with Crippen LogP contribution in [0.15, 0.2) is 58.6 Å². The molecule has 0 aliphatic heterocycles. The lowest BCUT2D eigenvalue weighted by Crippen LogP contribution is -2.61. The quantitative estimate of drug-likeness (QED) is 0.215. The van der Waals surface area contributed by atoms with E-state index in [1.807, 2.05) is 0 Å². The minimum Gasteiger partial charge on any atom is -0.432 e. The van der Waals surface area contributed by atoms with Crippen molar-refractivity contribution in [1.82, 2.24) is 19.4 Å². The number of hydrogen-bond acceptors (Lipinski definition) is 10. The van der Waals surface area contributed by atoms with Crippen LogP contribution >= 0.6 is 0 Å². The summed E-state index contributed by atoms with van der Waals surface area (Å²) in [6.07, 6.45) is 4.53. The van der Waals surface area contributed by atoms with E-state index >= 15 is 0 Å². The number of rotatable bonds is 8. The SMILES string of the molecule is NN(c1nccc(-c2c(-c3ccc(F)cc3)nc3occn23)n1)C(CO)(CO)CN=O. The molecule has 0 spiro atoms. The number of aliphatic hydroxyl groups excluding tert-OH is 2. The molecule has 160 valence electrons. The van der Waals surface area contributed by atoms with Gasteiger partial charge in [0.1, 0.15) is 35.6 Å². The Hall–Kier alpha value is -3.74. The van der Waals surface area contributed by atoms with Crippen LogP contribution in [0.3, 0.4) is 0 Å². The molecular formula is C19H18FN7O4. The van der Waals surface area contributed by atoms with Crippen LogP contribution in [0.2, 0.25) is 0 Å². The third kappa shape index (κ3) is 3.52. The number of nitrogens with zero attached hydrogens (tertiary/aromatic N) is 6. The van der Waals surface area contributed by atoms with Gasteiger partial charge in [0, 0.05) is 18.0 Å². The Bertz CT molecular complexity index is 1200. The summed E-state index contributed by atoms with van der Waals surface area (Å²) in [5, 5.41) is 23.1. The maximum atomic E-state index is 13.4. The Morgan fingerprint density at radius 1 is 1.19 bits per heavy atom. The molecule has 0 saturated carbocycles. The van der Waals surface area contributed by atoms with Gasteiger partial charge >= 0.3 is 5.84 Å². The van der Waals surface area contributed by atoms with Crippen LogP contribution in [0, 0.1) is 10.7 Å². The van der Waals surface area contributed by atoms with Crippen molar-refractivity contribution in [3.8, 4) is 22.6 Å². The predicted octanol–water partition coefficient (Wildman–Crippen LogP) is 1.36. The van der Waals surface area contributed by atoms with Crippen molar-refractivity contribution in [2.24, 2.45) is 11.0 Å². The van der Waals surface area contributed by atoms with Gasteiger partial charge in [-0.15, -0.1) is 0 Å². The monoisotopic (exact) mass is 427 g/mol. The lowest BCUT2D eigenvalue weighted by molar-refractivity contribution is 0.117. The Balaban J connectivity index is 1.84. The van der Waals surface area contributed by atoms with Gasteiger partial charge in [-0.1, -0.05) is 5.18 Å². The van der Waals surface area contributed by atoms with Gasteiger partial charge in [0.05, 0.1) is 18.9 Å². The van der Waals surface area contributed by atoms with Crippen molar-refractivity contribution in [1.29, 1.82) is 0 Å². The smallest absolute Gasteiger partial charge is 0.306 e. The number of hydrazine groups is 1. The molecule has 4 N–H and O–H groups in total. The third-order valence-electron chi connectivity index (χ3n) is 4.94.